The highest BCUT2D eigenvalue weighted by atomic mass is 19.4. The summed E-state index contributed by atoms with van der Waals surface area (Å²) in [5.74, 6) is -0.0984. The van der Waals surface area contributed by atoms with E-state index in [2.05, 4.69) is 6.07 Å². The van der Waals surface area contributed by atoms with Gasteiger partial charge in [-0.15, -0.1) is 0 Å². The summed E-state index contributed by atoms with van der Waals surface area (Å²) in [7, 11) is 1.24. The molecule has 0 fully saturated rings. The first-order valence-electron chi connectivity index (χ1n) is 4.14. The van der Waals surface area contributed by atoms with E-state index in [1.165, 1.54) is 13.2 Å². The third kappa shape index (κ3) is 2.00. The second-order valence-electron chi connectivity index (χ2n) is 2.78. The largest absolute Gasteiger partial charge is 0.496 e. The lowest BCUT2D eigenvalue weighted by Gasteiger charge is -2.14. The highest BCUT2D eigenvalue weighted by Crippen LogP contribution is 2.37. The lowest BCUT2D eigenvalue weighted by atomic mass is 10.1. The van der Waals surface area contributed by atoms with Gasteiger partial charge in [-0.3, -0.25) is 0 Å². The van der Waals surface area contributed by atoms with Crippen LogP contribution in [-0.2, 0) is 12.6 Å². The molecule has 14 heavy (non-hydrogen) atoms. The van der Waals surface area contributed by atoms with E-state index in [0.717, 1.165) is 6.07 Å². The molecule has 0 aliphatic rings. The lowest BCUT2D eigenvalue weighted by Crippen LogP contribution is -2.08. The summed E-state index contributed by atoms with van der Waals surface area (Å²) in [5.41, 5.74) is -0.248. The fourth-order valence-corrected chi connectivity index (χ4v) is 1.24. The van der Waals surface area contributed by atoms with Gasteiger partial charge in [-0.25, -0.2) is 0 Å². The minimum atomic E-state index is -4.38. The molecule has 0 N–H and O–H groups in total. The van der Waals surface area contributed by atoms with E-state index >= 15 is 0 Å². The highest BCUT2D eigenvalue weighted by Gasteiger charge is 2.34. The predicted molar refractivity (Wildman–Crippen MR) is 46.2 cm³/mol. The van der Waals surface area contributed by atoms with Crippen molar-refractivity contribution in [1.29, 1.82) is 0 Å². The van der Waals surface area contributed by atoms with Crippen LogP contribution in [0.3, 0.4) is 0 Å². The minimum absolute atomic E-state index is 0.0984. The summed E-state index contributed by atoms with van der Waals surface area (Å²) >= 11 is 0. The third-order valence-electron chi connectivity index (χ3n) is 1.91. The Morgan fingerprint density at radius 2 is 2.00 bits per heavy atom. The molecule has 1 aromatic rings. The van der Waals surface area contributed by atoms with Crippen molar-refractivity contribution in [2.24, 2.45) is 0 Å². The molecule has 4 heteroatoms. The SMILES string of the molecule is CCc1c[c]cc(C(F)(F)F)c1OC. The van der Waals surface area contributed by atoms with E-state index in [-0.39, 0.29) is 5.75 Å². The van der Waals surface area contributed by atoms with Crippen LogP contribution in [0.2, 0.25) is 0 Å². The van der Waals surface area contributed by atoms with Crippen molar-refractivity contribution in [3.8, 4) is 5.75 Å². The quantitative estimate of drug-likeness (QED) is 0.717. The van der Waals surface area contributed by atoms with Crippen molar-refractivity contribution in [1.82, 2.24) is 0 Å². The number of halogens is 3. The van der Waals surface area contributed by atoms with Gasteiger partial charge in [0.15, 0.2) is 0 Å². The Labute approximate surface area is 80.5 Å². The number of aryl methyl sites for hydroxylation is 1. The van der Waals surface area contributed by atoms with E-state index in [1.807, 2.05) is 0 Å². The molecule has 0 amide bonds. The molecule has 0 aromatic heterocycles. The van der Waals surface area contributed by atoms with Gasteiger partial charge in [0, 0.05) is 0 Å². The van der Waals surface area contributed by atoms with Crippen LogP contribution in [0.15, 0.2) is 12.1 Å². The van der Waals surface area contributed by atoms with Gasteiger partial charge in [0.2, 0.25) is 0 Å². The summed E-state index contributed by atoms with van der Waals surface area (Å²) < 4.78 is 42.1. The van der Waals surface area contributed by atoms with Crippen LogP contribution in [0.4, 0.5) is 13.2 Å². The maximum atomic E-state index is 12.5. The van der Waals surface area contributed by atoms with Crippen LogP contribution in [0.25, 0.3) is 0 Å². The standard InChI is InChI=1S/C10H10F3O/c1-3-7-5-4-6-8(9(7)14-2)10(11,12)13/h5-6H,3H2,1-2H3. The zero-order valence-electron chi connectivity index (χ0n) is 7.90. The monoisotopic (exact) mass is 203 g/mol. The molecule has 0 unspecified atom stereocenters. The molecular formula is C10H10F3O. The molecule has 1 aromatic carbocycles. The Balaban J connectivity index is 3.29. The van der Waals surface area contributed by atoms with Crippen LogP contribution in [0.5, 0.6) is 5.75 Å². The number of hydrogen-bond acceptors (Lipinski definition) is 1. The van der Waals surface area contributed by atoms with E-state index in [9.17, 15) is 13.2 Å². The van der Waals surface area contributed by atoms with Crippen molar-refractivity contribution >= 4 is 0 Å². The molecule has 1 radical (unpaired) electrons. The van der Waals surface area contributed by atoms with Crippen LogP contribution in [0.1, 0.15) is 18.1 Å². The number of rotatable bonds is 2. The van der Waals surface area contributed by atoms with Gasteiger partial charge < -0.3 is 4.74 Å². The summed E-state index contributed by atoms with van der Waals surface area (Å²) in [6, 6.07) is 4.87. The van der Waals surface area contributed by atoms with Crippen LogP contribution in [-0.4, -0.2) is 7.11 Å². The molecule has 0 aliphatic heterocycles. The molecule has 0 saturated carbocycles. The van der Waals surface area contributed by atoms with Crippen LogP contribution in [0, 0.1) is 6.07 Å². The van der Waals surface area contributed by atoms with Gasteiger partial charge in [-0.05, 0) is 30.2 Å². The summed E-state index contributed by atoms with van der Waals surface area (Å²) in [5, 5.41) is 0. The molecule has 1 rings (SSSR count). The van der Waals surface area contributed by atoms with E-state index < -0.39 is 11.7 Å². The van der Waals surface area contributed by atoms with E-state index in [4.69, 9.17) is 4.74 Å². The Kier molecular flexibility index (Phi) is 3.03. The first kappa shape index (κ1) is 10.9. The Hall–Kier alpha value is -1.19. The molecule has 0 aliphatic carbocycles. The summed E-state index contributed by atoms with van der Waals surface area (Å²) in [6.45, 7) is 1.77. The number of methoxy groups -OCH3 is 1. The zero-order valence-corrected chi connectivity index (χ0v) is 7.90. The molecule has 0 heterocycles. The summed E-state index contributed by atoms with van der Waals surface area (Å²) in [6.07, 6.45) is -3.89. The first-order valence-corrected chi connectivity index (χ1v) is 4.14. The maximum Gasteiger partial charge on any atom is 0.419 e. The molecular weight excluding hydrogens is 193 g/mol. The smallest absolute Gasteiger partial charge is 0.419 e. The molecule has 1 nitrogen and oxygen atoms in total. The van der Waals surface area contributed by atoms with Crippen molar-refractivity contribution in [3.63, 3.8) is 0 Å². The predicted octanol–water partition coefficient (Wildman–Crippen LogP) is 3.08. The molecule has 0 atom stereocenters. The normalized spacial score (nSPS) is 11.5. The lowest BCUT2D eigenvalue weighted by molar-refractivity contribution is -0.138. The van der Waals surface area contributed by atoms with Gasteiger partial charge in [0.05, 0.1) is 12.7 Å². The minimum Gasteiger partial charge on any atom is -0.496 e. The van der Waals surface area contributed by atoms with Gasteiger partial charge >= 0.3 is 6.18 Å². The van der Waals surface area contributed by atoms with Crippen molar-refractivity contribution in [3.05, 3.63) is 29.3 Å². The third-order valence-corrected chi connectivity index (χ3v) is 1.91. The average molecular weight is 203 g/mol. The molecule has 0 spiro atoms. The Bertz CT molecular complexity index is 318. The second-order valence-corrected chi connectivity index (χ2v) is 2.78. The number of benzene rings is 1. The topological polar surface area (TPSA) is 9.23 Å². The highest BCUT2D eigenvalue weighted by molar-refractivity contribution is 5.42. The van der Waals surface area contributed by atoms with Gasteiger partial charge in [0.25, 0.3) is 0 Å². The number of alkyl halides is 3. The van der Waals surface area contributed by atoms with Crippen molar-refractivity contribution < 1.29 is 17.9 Å². The molecule has 0 bridgehead atoms. The number of ether oxygens (including phenoxy) is 1. The van der Waals surface area contributed by atoms with Crippen molar-refractivity contribution in [2.75, 3.05) is 7.11 Å². The molecule has 77 valence electrons. The maximum absolute atomic E-state index is 12.5. The van der Waals surface area contributed by atoms with E-state index in [0.29, 0.717) is 12.0 Å². The second kappa shape index (κ2) is 3.90. The fourth-order valence-electron chi connectivity index (χ4n) is 1.24. The average Bonchev–Trinajstić information content (AvgIpc) is 2.15. The van der Waals surface area contributed by atoms with Crippen LogP contribution < -0.4 is 4.74 Å². The fraction of sp³-hybridized carbons (Fsp3) is 0.400. The van der Waals surface area contributed by atoms with Crippen molar-refractivity contribution in [2.45, 2.75) is 19.5 Å². The Morgan fingerprint density at radius 1 is 1.36 bits per heavy atom. The van der Waals surface area contributed by atoms with E-state index in [1.54, 1.807) is 6.92 Å². The van der Waals surface area contributed by atoms with Gasteiger partial charge in [-0.1, -0.05) is 6.92 Å². The molecule has 0 saturated heterocycles. The van der Waals surface area contributed by atoms with Crippen LogP contribution >= 0.6 is 0 Å². The first-order chi connectivity index (χ1) is 6.50. The summed E-state index contributed by atoms with van der Waals surface area (Å²) in [4.78, 5) is 0. The van der Waals surface area contributed by atoms with Gasteiger partial charge in [0.1, 0.15) is 5.75 Å². The number of hydrogen-bond donors (Lipinski definition) is 0. The van der Waals surface area contributed by atoms with Gasteiger partial charge in [-0.2, -0.15) is 13.2 Å². The Morgan fingerprint density at radius 3 is 2.43 bits per heavy atom. The zero-order chi connectivity index (χ0) is 10.8.